The van der Waals surface area contributed by atoms with Gasteiger partial charge in [-0.25, -0.2) is 18.2 Å². The maximum absolute atomic E-state index is 16.8. The van der Waals surface area contributed by atoms with Crippen molar-refractivity contribution in [3.8, 4) is 28.9 Å². The molecule has 2 aromatic heterocycles. The molecule has 2 aromatic carbocycles. The first kappa shape index (κ1) is 26.5. The second kappa shape index (κ2) is 9.55. The molecule has 0 unspecified atom stereocenters. The third-order valence-corrected chi connectivity index (χ3v) is 10.3. The van der Waals surface area contributed by atoms with Crippen LogP contribution in [0.1, 0.15) is 32.1 Å². The van der Waals surface area contributed by atoms with Gasteiger partial charge in [0.1, 0.15) is 53.4 Å². The molecule has 2 N–H and O–H groups in total. The van der Waals surface area contributed by atoms with Gasteiger partial charge in [-0.05, 0) is 55.8 Å². The van der Waals surface area contributed by atoms with E-state index in [1.165, 1.54) is 24.3 Å². The standard InChI is InChI=1S/C32H31F3N6O3/c33-17-11-32(7-2-8-40(32)12-17)15-44-31-38-28-25-29(39-31)41-13-18-5-6-22(36-18)23(41)14-43-30(25)37-27(26(28)35)20-10-19(42)9-16-3-1-4-21(34)24(16)20/h1,3-4,9-10,17-18,22-23,36,42H,2,5-8,11-15H2/t17-,18+,22-,23+,32+/m0/s1. The van der Waals surface area contributed by atoms with E-state index in [9.17, 15) is 9.50 Å². The number of benzene rings is 2. The number of aromatic nitrogens is 3. The normalized spacial score (nSPS) is 29.1. The Kier molecular flexibility index (Phi) is 5.75. The van der Waals surface area contributed by atoms with Gasteiger partial charge < -0.3 is 24.8 Å². The number of fused-ring (bicyclic) bond motifs is 7. The van der Waals surface area contributed by atoms with Gasteiger partial charge in [-0.3, -0.25) is 4.90 Å². The van der Waals surface area contributed by atoms with Gasteiger partial charge in [0.15, 0.2) is 5.82 Å². The topological polar surface area (TPSA) is 95.9 Å². The average Bonchev–Trinajstić information content (AvgIpc) is 3.64. The highest BCUT2D eigenvalue weighted by atomic mass is 19.1. The molecule has 0 radical (unpaired) electrons. The predicted molar refractivity (Wildman–Crippen MR) is 157 cm³/mol. The third-order valence-electron chi connectivity index (χ3n) is 10.3. The summed E-state index contributed by atoms with van der Waals surface area (Å²) in [7, 11) is 0. The minimum atomic E-state index is -0.915. The first-order chi connectivity index (χ1) is 21.4. The number of rotatable bonds is 4. The largest absolute Gasteiger partial charge is 0.508 e. The fourth-order valence-electron chi connectivity index (χ4n) is 8.36. The van der Waals surface area contributed by atoms with Crippen LogP contribution in [0.5, 0.6) is 17.6 Å². The van der Waals surface area contributed by atoms with Crippen LogP contribution in [0.2, 0.25) is 0 Å². The number of phenols is 1. The smallest absolute Gasteiger partial charge is 0.319 e. The van der Waals surface area contributed by atoms with E-state index in [0.29, 0.717) is 36.1 Å². The van der Waals surface area contributed by atoms with E-state index in [0.717, 1.165) is 32.2 Å². The maximum Gasteiger partial charge on any atom is 0.319 e. The van der Waals surface area contributed by atoms with Crippen LogP contribution >= 0.6 is 0 Å². The summed E-state index contributed by atoms with van der Waals surface area (Å²) in [4.78, 5) is 18.3. The van der Waals surface area contributed by atoms with Crippen molar-refractivity contribution in [2.75, 3.05) is 37.7 Å². The fourth-order valence-corrected chi connectivity index (χ4v) is 8.36. The average molecular weight is 605 g/mol. The lowest BCUT2D eigenvalue weighted by atomic mass is 9.95. The third kappa shape index (κ3) is 3.89. The predicted octanol–water partition coefficient (Wildman–Crippen LogP) is 4.49. The molecule has 2 bridgehead atoms. The number of halogens is 3. The maximum atomic E-state index is 16.8. The molecule has 9 nitrogen and oxygen atoms in total. The number of ether oxygens (including phenoxy) is 2. The minimum absolute atomic E-state index is 0.00323. The molecule has 5 atom stereocenters. The summed E-state index contributed by atoms with van der Waals surface area (Å²) in [5, 5.41) is 15.0. The Morgan fingerprint density at radius 3 is 2.93 bits per heavy atom. The van der Waals surface area contributed by atoms with Gasteiger partial charge >= 0.3 is 6.01 Å². The summed E-state index contributed by atoms with van der Waals surface area (Å²) in [5.41, 5.74) is -0.593. The number of phenolic OH excluding ortho intramolecular Hbond substituents is 1. The summed E-state index contributed by atoms with van der Waals surface area (Å²) >= 11 is 0. The molecule has 0 spiro atoms. The number of alkyl halides is 1. The molecule has 4 fully saturated rings. The van der Waals surface area contributed by atoms with Gasteiger partial charge in [0, 0.05) is 42.5 Å². The van der Waals surface area contributed by atoms with Gasteiger partial charge in [0.25, 0.3) is 0 Å². The molecular weight excluding hydrogens is 573 g/mol. The zero-order valence-electron chi connectivity index (χ0n) is 23.9. The number of nitrogens with zero attached hydrogens (tertiary/aromatic N) is 5. The summed E-state index contributed by atoms with van der Waals surface area (Å²) in [6.07, 6.45) is 3.24. The van der Waals surface area contributed by atoms with Crippen molar-refractivity contribution >= 4 is 27.5 Å². The van der Waals surface area contributed by atoms with Gasteiger partial charge in [-0.1, -0.05) is 12.1 Å². The first-order valence-electron chi connectivity index (χ1n) is 15.4. The molecule has 4 saturated heterocycles. The van der Waals surface area contributed by atoms with Crippen molar-refractivity contribution in [3.63, 3.8) is 0 Å². The minimum Gasteiger partial charge on any atom is -0.508 e. The van der Waals surface area contributed by atoms with Crippen LogP contribution in [0.4, 0.5) is 19.0 Å². The monoisotopic (exact) mass is 604 g/mol. The Balaban J connectivity index is 1.23. The molecule has 4 aromatic rings. The lowest BCUT2D eigenvalue weighted by Gasteiger charge is -2.40. The second-order valence-corrected chi connectivity index (χ2v) is 12.9. The quantitative estimate of drug-likeness (QED) is 0.350. The summed E-state index contributed by atoms with van der Waals surface area (Å²) < 4.78 is 59.1. The van der Waals surface area contributed by atoms with Crippen molar-refractivity contribution in [1.29, 1.82) is 0 Å². The highest BCUT2D eigenvalue weighted by molar-refractivity contribution is 6.02. The zero-order chi connectivity index (χ0) is 29.7. The number of hydrogen-bond donors (Lipinski definition) is 2. The molecule has 9 rings (SSSR count). The lowest BCUT2D eigenvalue weighted by Crippen LogP contribution is -2.60. The molecule has 7 heterocycles. The Hall–Kier alpha value is -3.90. The molecule has 0 saturated carbocycles. The number of anilines is 1. The molecule has 0 amide bonds. The Morgan fingerprint density at radius 1 is 1.11 bits per heavy atom. The van der Waals surface area contributed by atoms with Crippen molar-refractivity contribution in [1.82, 2.24) is 25.2 Å². The number of pyridine rings is 1. The molecule has 5 aliphatic rings. The number of piperazine rings is 1. The highest BCUT2D eigenvalue weighted by Gasteiger charge is 2.50. The van der Waals surface area contributed by atoms with Gasteiger partial charge in [0.2, 0.25) is 5.88 Å². The Labute approximate surface area is 251 Å². The van der Waals surface area contributed by atoms with Crippen LogP contribution in [-0.2, 0) is 0 Å². The summed E-state index contributed by atoms with van der Waals surface area (Å²) in [6.45, 7) is 2.34. The lowest BCUT2D eigenvalue weighted by molar-refractivity contribution is 0.107. The van der Waals surface area contributed by atoms with Gasteiger partial charge in [-0.2, -0.15) is 9.97 Å². The van der Waals surface area contributed by atoms with Gasteiger partial charge in [0.05, 0.1) is 11.6 Å². The molecule has 5 aliphatic heterocycles. The van der Waals surface area contributed by atoms with Crippen LogP contribution in [0, 0.1) is 11.6 Å². The van der Waals surface area contributed by atoms with Crippen molar-refractivity contribution in [3.05, 3.63) is 42.0 Å². The van der Waals surface area contributed by atoms with Crippen LogP contribution < -0.4 is 19.7 Å². The van der Waals surface area contributed by atoms with E-state index < -0.39 is 23.3 Å². The van der Waals surface area contributed by atoms with Crippen LogP contribution in [0.3, 0.4) is 0 Å². The second-order valence-electron chi connectivity index (χ2n) is 12.9. The highest BCUT2D eigenvalue weighted by Crippen LogP contribution is 2.45. The van der Waals surface area contributed by atoms with Crippen molar-refractivity contribution < 1.29 is 27.8 Å². The van der Waals surface area contributed by atoms with E-state index >= 15 is 8.78 Å². The van der Waals surface area contributed by atoms with Gasteiger partial charge in [-0.15, -0.1) is 0 Å². The van der Waals surface area contributed by atoms with E-state index in [4.69, 9.17) is 14.5 Å². The van der Waals surface area contributed by atoms with Crippen molar-refractivity contribution in [2.24, 2.45) is 0 Å². The van der Waals surface area contributed by atoms with E-state index in [1.54, 1.807) is 6.07 Å². The summed E-state index contributed by atoms with van der Waals surface area (Å²) in [5.74, 6) is -0.881. The first-order valence-corrected chi connectivity index (χ1v) is 15.4. The Bertz CT molecular complexity index is 1840. The fraction of sp³-hybridized carbons (Fsp3) is 0.469. The molecule has 228 valence electrons. The SMILES string of the molecule is Oc1cc(-c2nc3c4c(nc(OC[C@]56CCCN5C[C@@H](F)C6)nc4c2F)N2C[C@H]4CC[C@H](N4)[C@H]2CO3)c2c(F)cccc2c1. The number of hydrogen-bond acceptors (Lipinski definition) is 9. The van der Waals surface area contributed by atoms with Crippen LogP contribution in [-0.4, -0.2) is 87.6 Å². The van der Waals surface area contributed by atoms with Crippen molar-refractivity contribution in [2.45, 2.75) is 61.9 Å². The molecule has 12 heteroatoms. The van der Waals surface area contributed by atoms with E-state index in [1.807, 2.05) is 0 Å². The van der Waals surface area contributed by atoms with E-state index in [-0.39, 0.29) is 71.1 Å². The Morgan fingerprint density at radius 2 is 2.02 bits per heavy atom. The number of nitrogens with one attached hydrogen (secondary N) is 1. The molecule has 44 heavy (non-hydrogen) atoms. The van der Waals surface area contributed by atoms with Crippen LogP contribution in [0.25, 0.3) is 32.9 Å². The molecular formula is C32H31F3N6O3. The van der Waals surface area contributed by atoms with Crippen LogP contribution in [0.15, 0.2) is 30.3 Å². The summed E-state index contributed by atoms with van der Waals surface area (Å²) in [6, 6.07) is 7.54. The zero-order valence-corrected chi connectivity index (χ0v) is 23.9. The molecule has 0 aliphatic carbocycles. The van der Waals surface area contributed by atoms with E-state index in [2.05, 4.69) is 25.1 Å². The number of aromatic hydroxyl groups is 1.